The van der Waals surface area contributed by atoms with E-state index in [0.717, 1.165) is 49.8 Å². The van der Waals surface area contributed by atoms with E-state index in [0.29, 0.717) is 24.3 Å². The Balaban J connectivity index is 1.70. The minimum absolute atomic E-state index is 0.111. The molecular formula is C24H30F2N4O3S. The number of benzene rings is 1. The van der Waals surface area contributed by atoms with Gasteiger partial charge in [-0.15, -0.1) is 0 Å². The van der Waals surface area contributed by atoms with Crippen LogP contribution in [0.25, 0.3) is 0 Å². The highest BCUT2D eigenvalue weighted by atomic mass is 32.2. The number of halogens is 2. The summed E-state index contributed by atoms with van der Waals surface area (Å²) < 4.78 is 51.4. The maximum Gasteiger partial charge on any atom is 0.259 e. The molecule has 3 N–H and O–H groups in total. The maximum atomic E-state index is 14.0. The molecule has 1 aromatic carbocycles. The van der Waals surface area contributed by atoms with Gasteiger partial charge in [-0.3, -0.25) is 4.79 Å². The van der Waals surface area contributed by atoms with Crippen LogP contribution in [0.4, 0.5) is 20.3 Å². The molecule has 10 heteroatoms. The van der Waals surface area contributed by atoms with E-state index in [1.54, 1.807) is 11.0 Å². The van der Waals surface area contributed by atoms with Gasteiger partial charge in [0.2, 0.25) is 15.9 Å². The van der Waals surface area contributed by atoms with Crippen LogP contribution in [0.2, 0.25) is 0 Å². The van der Waals surface area contributed by atoms with Crippen molar-refractivity contribution in [2.45, 2.75) is 68.6 Å². The molecule has 2 aliphatic rings. The van der Waals surface area contributed by atoms with Crippen LogP contribution in [0.5, 0.6) is 0 Å². The van der Waals surface area contributed by atoms with Crippen LogP contribution in [-0.4, -0.2) is 38.3 Å². The third kappa shape index (κ3) is 5.90. The van der Waals surface area contributed by atoms with Crippen LogP contribution in [0.1, 0.15) is 66.6 Å². The fraction of sp³-hybridized carbons (Fsp3) is 0.500. The fourth-order valence-electron chi connectivity index (χ4n) is 4.61. The van der Waals surface area contributed by atoms with Crippen molar-refractivity contribution in [2.24, 2.45) is 5.14 Å². The van der Waals surface area contributed by atoms with E-state index in [1.807, 2.05) is 6.07 Å². The summed E-state index contributed by atoms with van der Waals surface area (Å²) in [5, 5.41) is 7.95. The number of aromatic nitrogens is 1. The van der Waals surface area contributed by atoms with E-state index in [2.05, 4.69) is 5.32 Å². The van der Waals surface area contributed by atoms with Crippen molar-refractivity contribution in [3.63, 3.8) is 0 Å². The number of primary sulfonamides is 1. The van der Waals surface area contributed by atoms with Gasteiger partial charge in [0.25, 0.3) is 5.91 Å². The number of nitrogens with one attached hydrogen (secondary N) is 1. The minimum atomic E-state index is -3.93. The number of anilines is 2. The van der Waals surface area contributed by atoms with Gasteiger partial charge in [0.1, 0.15) is 5.82 Å². The van der Waals surface area contributed by atoms with E-state index in [4.69, 9.17) is 10.1 Å². The minimum Gasteiger partial charge on any atom is -0.356 e. The first kappa shape index (κ1) is 24.5. The Hall–Kier alpha value is -2.59. The van der Waals surface area contributed by atoms with Crippen LogP contribution >= 0.6 is 0 Å². The van der Waals surface area contributed by atoms with Gasteiger partial charge in [-0.2, -0.15) is 0 Å². The molecule has 34 heavy (non-hydrogen) atoms. The van der Waals surface area contributed by atoms with Crippen molar-refractivity contribution in [1.29, 1.82) is 0 Å². The molecule has 0 bridgehead atoms. The zero-order chi connectivity index (χ0) is 24.3. The number of carbonyl (C=O) groups excluding carboxylic acids is 1. The Morgan fingerprint density at radius 2 is 1.79 bits per heavy atom. The molecule has 0 unspecified atom stereocenters. The topological polar surface area (TPSA) is 105 Å². The summed E-state index contributed by atoms with van der Waals surface area (Å²) in [6.45, 7) is 0.503. The number of sulfonamides is 1. The number of hydrogen-bond donors (Lipinski definition) is 2. The van der Waals surface area contributed by atoms with Crippen LogP contribution in [0.3, 0.4) is 0 Å². The zero-order valence-corrected chi connectivity index (χ0v) is 19.8. The lowest BCUT2D eigenvalue weighted by atomic mass is 9.95. The monoisotopic (exact) mass is 492 g/mol. The fourth-order valence-corrected chi connectivity index (χ4v) is 5.17. The molecular weight excluding hydrogens is 462 g/mol. The van der Waals surface area contributed by atoms with Crippen molar-refractivity contribution < 1.29 is 22.0 Å². The van der Waals surface area contributed by atoms with Crippen LogP contribution < -0.4 is 15.4 Å². The molecule has 1 saturated heterocycles. The number of pyridine rings is 1. The molecule has 2 heterocycles. The Morgan fingerprint density at radius 1 is 1.03 bits per heavy atom. The molecule has 1 aliphatic carbocycles. The SMILES string of the molecule is NS(=O)(=O)c1cccc(NC(=O)c2cc3c(nc2N2CCCC(F)(F)CC2)CCCCCC3)c1. The Bertz CT molecular complexity index is 1170. The highest BCUT2D eigenvalue weighted by Gasteiger charge is 2.33. The van der Waals surface area contributed by atoms with Crippen LogP contribution in [0, 0.1) is 0 Å². The Labute approximate surface area is 198 Å². The van der Waals surface area contributed by atoms with E-state index >= 15 is 0 Å². The number of carbonyl (C=O) groups is 1. The lowest BCUT2D eigenvalue weighted by Gasteiger charge is -2.26. The lowest BCUT2D eigenvalue weighted by Crippen LogP contribution is -2.30. The molecule has 4 rings (SSSR count). The quantitative estimate of drug-likeness (QED) is 0.663. The van der Waals surface area contributed by atoms with E-state index < -0.39 is 21.9 Å². The number of hydrogen-bond acceptors (Lipinski definition) is 5. The van der Waals surface area contributed by atoms with E-state index in [1.165, 1.54) is 18.2 Å². The van der Waals surface area contributed by atoms with Crippen molar-refractivity contribution in [2.75, 3.05) is 23.3 Å². The zero-order valence-electron chi connectivity index (χ0n) is 19.0. The van der Waals surface area contributed by atoms with Gasteiger partial charge in [0, 0.05) is 37.3 Å². The summed E-state index contributed by atoms with van der Waals surface area (Å²) in [7, 11) is -3.93. The molecule has 1 amide bonds. The Kier molecular flexibility index (Phi) is 7.18. The highest BCUT2D eigenvalue weighted by molar-refractivity contribution is 7.89. The lowest BCUT2D eigenvalue weighted by molar-refractivity contribution is -0.0102. The van der Waals surface area contributed by atoms with Crippen molar-refractivity contribution in [1.82, 2.24) is 4.98 Å². The van der Waals surface area contributed by atoms with Gasteiger partial charge in [0.05, 0.1) is 10.5 Å². The number of rotatable bonds is 4. The van der Waals surface area contributed by atoms with Crippen LogP contribution in [0.15, 0.2) is 35.2 Å². The number of aryl methyl sites for hydroxylation is 2. The molecule has 0 radical (unpaired) electrons. The summed E-state index contributed by atoms with van der Waals surface area (Å²) in [5.74, 6) is -2.78. The van der Waals surface area contributed by atoms with Crippen LogP contribution in [-0.2, 0) is 22.9 Å². The van der Waals surface area contributed by atoms with Gasteiger partial charge in [-0.05, 0) is 61.9 Å². The van der Waals surface area contributed by atoms with E-state index in [9.17, 15) is 22.0 Å². The first-order valence-corrected chi connectivity index (χ1v) is 13.3. The molecule has 1 fully saturated rings. The van der Waals surface area contributed by atoms with Gasteiger partial charge in [0.15, 0.2) is 0 Å². The molecule has 1 aromatic heterocycles. The molecule has 184 valence electrons. The predicted octanol–water partition coefficient (Wildman–Crippen LogP) is 4.27. The summed E-state index contributed by atoms with van der Waals surface area (Å²) in [6.07, 6.45) is 5.68. The predicted molar refractivity (Wildman–Crippen MR) is 127 cm³/mol. The number of alkyl halides is 2. The summed E-state index contributed by atoms with van der Waals surface area (Å²) in [6, 6.07) is 7.54. The van der Waals surface area contributed by atoms with Gasteiger partial charge in [-0.1, -0.05) is 18.9 Å². The molecule has 7 nitrogen and oxygen atoms in total. The molecule has 0 atom stereocenters. The van der Waals surface area contributed by atoms with Crippen molar-refractivity contribution in [3.05, 3.63) is 47.2 Å². The van der Waals surface area contributed by atoms with Gasteiger partial charge >= 0.3 is 0 Å². The average Bonchev–Trinajstić information content (AvgIpc) is 2.94. The average molecular weight is 493 g/mol. The normalized spacial score (nSPS) is 18.9. The number of amides is 1. The first-order valence-electron chi connectivity index (χ1n) is 11.7. The molecule has 1 aliphatic heterocycles. The third-order valence-electron chi connectivity index (χ3n) is 6.46. The standard InChI is InChI=1S/C24H30F2N4O3S/c25-24(26)11-6-13-30(14-12-24)22-20(15-17-7-3-1-2-4-10-21(17)29-22)23(31)28-18-8-5-9-19(16-18)34(27,32)33/h5,8-9,15-16H,1-4,6-7,10-14H2,(H,28,31)(H2,27,32,33). The maximum absolute atomic E-state index is 14.0. The highest BCUT2D eigenvalue weighted by Crippen LogP contribution is 2.32. The van der Waals surface area contributed by atoms with E-state index in [-0.39, 0.29) is 30.0 Å². The summed E-state index contributed by atoms with van der Waals surface area (Å²) >= 11 is 0. The van der Waals surface area contributed by atoms with Gasteiger partial charge < -0.3 is 10.2 Å². The van der Waals surface area contributed by atoms with Crippen molar-refractivity contribution in [3.8, 4) is 0 Å². The summed E-state index contributed by atoms with van der Waals surface area (Å²) in [5.41, 5.74) is 2.52. The summed E-state index contributed by atoms with van der Waals surface area (Å²) in [4.78, 5) is 19.9. The first-order chi connectivity index (χ1) is 16.1. The Morgan fingerprint density at radius 3 is 2.56 bits per heavy atom. The molecule has 0 spiro atoms. The second kappa shape index (κ2) is 9.95. The van der Waals surface area contributed by atoms with Gasteiger partial charge in [-0.25, -0.2) is 27.3 Å². The smallest absolute Gasteiger partial charge is 0.259 e. The molecule has 2 aromatic rings. The molecule has 0 saturated carbocycles. The third-order valence-corrected chi connectivity index (χ3v) is 7.37. The number of nitrogens with two attached hydrogens (primary N) is 1. The number of fused-ring (bicyclic) bond motifs is 1. The second-order valence-corrected chi connectivity index (χ2v) is 10.7. The number of nitrogens with zero attached hydrogens (tertiary/aromatic N) is 2. The van der Waals surface area contributed by atoms with Crippen molar-refractivity contribution >= 4 is 27.4 Å². The second-order valence-electron chi connectivity index (χ2n) is 9.10. The largest absolute Gasteiger partial charge is 0.356 e.